The average Bonchev–Trinajstić information content (AvgIpc) is 3.40. The van der Waals surface area contributed by atoms with E-state index in [1.165, 1.54) is 6.07 Å². The van der Waals surface area contributed by atoms with E-state index in [1.807, 2.05) is 0 Å². The number of piperidine rings is 1. The summed E-state index contributed by atoms with van der Waals surface area (Å²) in [7, 11) is 0. The number of nitrogens with zero attached hydrogens (tertiary/aromatic N) is 1. The highest BCUT2D eigenvalue weighted by Gasteiger charge is 2.54. The molecular weight excluding hydrogens is 418 g/mol. The molecule has 2 heterocycles. The largest absolute Gasteiger partial charge is 0.390 e. The molecule has 2 saturated carbocycles. The molecule has 10 heteroatoms. The lowest BCUT2D eigenvalue weighted by atomic mass is 9.84. The van der Waals surface area contributed by atoms with E-state index in [-0.39, 0.29) is 48.3 Å². The van der Waals surface area contributed by atoms with Crippen LogP contribution >= 0.6 is 0 Å². The highest BCUT2D eigenvalue weighted by Crippen LogP contribution is 2.48. The van der Waals surface area contributed by atoms with Gasteiger partial charge in [0.05, 0.1) is 23.3 Å². The Kier molecular flexibility index (Phi) is 4.86. The highest BCUT2D eigenvalue weighted by molar-refractivity contribution is 6.24. The van der Waals surface area contributed by atoms with Crippen molar-refractivity contribution in [3.63, 3.8) is 0 Å². The summed E-state index contributed by atoms with van der Waals surface area (Å²) in [6, 6.07) is 3.69. The van der Waals surface area contributed by atoms with Gasteiger partial charge < -0.3 is 15.5 Å². The van der Waals surface area contributed by atoms with Gasteiger partial charge in [-0.15, -0.1) is 0 Å². The van der Waals surface area contributed by atoms with Crippen LogP contribution in [0.25, 0.3) is 0 Å². The highest BCUT2D eigenvalue weighted by atomic mass is 16.3. The number of nitrogens with one attached hydrogen (secondary N) is 2. The third-order valence-corrected chi connectivity index (χ3v) is 7.26. The Morgan fingerprint density at radius 3 is 2.56 bits per heavy atom. The maximum absolute atomic E-state index is 13.1. The molecule has 2 aliphatic heterocycles. The van der Waals surface area contributed by atoms with Gasteiger partial charge in [-0.05, 0) is 42.7 Å². The molecule has 3 fully saturated rings. The van der Waals surface area contributed by atoms with E-state index in [4.69, 9.17) is 0 Å². The Hall–Kier alpha value is -3.11. The minimum Gasteiger partial charge on any atom is -0.390 e. The number of rotatable bonds is 4. The fourth-order valence-corrected chi connectivity index (χ4v) is 5.65. The molecule has 5 rings (SSSR count). The molecule has 5 amide bonds. The van der Waals surface area contributed by atoms with Crippen LogP contribution < -0.4 is 10.6 Å². The van der Waals surface area contributed by atoms with Gasteiger partial charge in [0, 0.05) is 18.9 Å². The van der Waals surface area contributed by atoms with Crippen molar-refractivity contribution in [2.75, 3.05) is 0 Å². The molecular formula is C22H23N3O7. The van der Waals surface area contributed by atoms with Crippen LogP contribution in [-0.4, -0.2) is 62.9 Å². The summed E-state index contributed by atoms with van der Waals surface area (Å²) in [6.45, 7) is 0.0107. The van der Waals surface area contributed by atoms with Crippen LogP contribution in [0, 0.1) is 17.8 Å². The van der Waals surface area contributed by atoms with Crippen LogP contribution in [0.2, 0.25) is 0 Å². The molecule has 6 atom stereocenters. The smallest absolute Gasteiger partial charge is 0.262 e. The maximum atomic E-state index is 13.1. The normalized spacial score (nSPS) is 33.5. The van der Waals surface area contributed by atoms with Crippen molar-refractivity contribution in [1.29, 1.82) is 0 Å². The zero-order valence-corrected chi connectivity index (χ0v) is 17.1. The van der Waals surface area contributed by atoms with Gasteiger partial charge in [-0.1, -0.05) is 12.1 Å². The third-order valence-electron chi connectivity index (χ3n) is 7.26. The molecule has 1 saturated heterocycles. The van der Waals surface area contributed by atoms with Crippen LogP contribution in [0.4, 0.5) is 0 Å². The second-order valence-electron chi connectivity index (χ2n) is 8.99. The molecule has 32 heavy (non-hydrogen) atoms. The standard InChI is InChI=1S/C22H23N3O7/c26-15-5-4-14(20(30)24-15)25-21(31)11-3-1-2-9(16(11)22(25)32)8-23-19(29)13-7-10-6-12(13)18(28)17(10)27/h1-3,10,12-14,17-18,27-28H,4-8H2,(H,23,29)(H,24,26,30)/t10-,12+,13?,14?,17-,18+/m1/s1. The van der Waals surface area contributed by atoms with Crippen molar-refractivity contribution in [3.8, 4) is 0 Å². The first-order chi connectivity index (χ1) is 15.3. The quantitative estimate of drug-likeness (QED) is 0.441. The van der Waals surface area contributed by atoms with Gasteiger partial charge in [-0.2, -0.15) is 0 Å². The van der Waals surface area contributed by atoms with Gasteiger partial charge in [0.2, 0.25) is 17.7 Å². The Morgan fingerprint density at radius 2 is 1.88 bits per heavy atom. The number of aliphatic hydroxyl groups is 2. The Bertz CT molecular complexity index is 1050. The molecule has 2 unspecified atom stereocenters. The molecule has 1 aromatic rings. The van der Waals surface area contributed by atoms with Crippen molar-refractivity contribution >= 4 is 29.5 Å². The molecule has 10 nitrogen and oxygen atoms in total. The number of fused-ring (bicyclic) bond motifs is 3. The molecule has 4 aliphatic rings. The number of aliphatic hydroxyl groups excluding tert-OH is 2. The van der Waals surface area contributed by atoms with E-state index in [1.54, 1.807) is 12.1 Å². The van der Waals surface area contributed by atoms with Crippen molar-refractivity contribution in [2.24, 2.45) is 17.8 Å². The van der Waals surface area contributed by atoms with E-state index < -0.39 is 47.8 Å². The first kappa shape index (κ1) is 20.8. The Labute approximate surface area is 183 Å². The second kappa shape index (κ2) is 7.49. The van der Waals surface area contributed by atoms with E-state index >= 15 is 0 Å². The fraction of sp³-hybridized carbons (Fsp3) is 0.500. The second-order valence-corrected chi connectivity index (χ2v) is 8.99. The Balaban J connectivity index is 1.32. The molecule has 0 aromatic heterocycles. The van der Waals surface area contributed by atoms with E-state index in [2.05, 4.69) is 10.6 Å². The number of carbonyl (C=O) groups excluding carboxylic acids is 5. The minimum absolute atomic E-state index is 0.0107. The van der Waals surface area contributed by atoms with Gasteiger partial charge in [-0.25, -0.2) is 0 Å². The van der Waals surface area contributed by atoms with Gasteiger partial charge in [0.15, 0.2) is 0 Å². The number of carbonyl (C=O) groups is 5. The van der Waals surface area contributed by atoms with E-state index in [9.17, 15) is 34.2 Å². The molecule has 0 spiro atoms. The van der Waals surface area contributed by atoms with Crippen LogP contribution in [-0.2, 0) is 20.9 Å². The van der Waals surface area contributed by atoms with E-state index in [0.717, 1.165) is 4.90 Å². The lowest BCUT2D eigenvalue weighted by Gasteiger charge is -2.29. The predicted molar refractivity (Wildman–Crippen MR) is 107 cm³/mol. The lowest BCUT2D eigenvalue weighted by molar-refractivity contribution is -0.136. The molecule has 168 valence electrons. The number of hydrogen-bond donors (Lipinski definition) is 4. The summed E-state index contributed by atoms with van der Waals surface area (Å²) in [5.74, 6) is -3.39. The number of imide groups is 2. The SMILES string of the molecule is O=C1CCC(N2C(=O)c3cccc(CNC(=O)C4C[C@H]5C[C@@H]4[C@H](O)[C@@H]5O)c3C2=O)C(=O)N1. The maximum Gasteiger partial charge on any atom is 0.262 e. The molecule has 2 bridgehead atoms. The third kappa shape index (κ3) is 3.05. The summed E-state index contributed by atoms with van der Waals surface area (Å²) < 4.78 is 0. The van der Waals surface area contributed by atoms with Gasteiger partial charge >= 0.3 is 0 Å². The monoisotopic (exact) mass is 441 g/mol. The summed E-state index contributed by atoms with van der Waals surface area (Å²) in [5.41, 5.74) is 0.753. The van der Waals surface area contributed by atoms with Crippen LogP contribution in [0.5, 0.6) is 0 Å². The molecule has 2 aliphatic carbocycles. The van der Waals surface area contributed by atoms with Crippen molar-refractivity contribution in [3.05, 3.63) is 34.9 Å². The summed E-state index contributed by atoms with van der Waals surface area (Å²) in [4.78, 5) is 63.3. The summed E-state index contributed by atoms with van der Waals surface area (Å²) >= 11 is 0. The average molecular weight is 441 g/mol. The van der Waals surface area contributed by atoms with E-state index in [0.29, 0.717) is 18.4 Å². The molecule has 0 radical (unpaired) electrons. The Morgan fingerprint density at radius 1 is 1.09 bits per heavy atom. The van der Waals surface area contributed by atoms with Crippen molar-refractivity contribution in [2.45, 2.75) is 50.5 Å². The topological polar surface area (TPSA) is 153 Å². The molecule has 4 N–H and O–H groups in total. The first-order valence-corrected chi connectivity index (χ1v) is 10.7. The predicted octanol–water partition coefficient (Wildman–Crippen LogP) is -0.918. The van der Waals surface area contributed by atoms with Crippen molar-refractivity contribution in [1.82, 2.24) is 15.5 Å². The summed E-state index contributed by atoms with van der Waals surface area (Å²) in [6.07, 6.45) is -0.482. The van der Waals surface area contributed by atoms with Gasteiger partial charge in [-0.3, -0.25) is 34.2 Å². The van der Waals surface area contributed by atoms with Crippen LogP contribution in [0.1, 0.15) is 52.0 Å². The first-order valence-electron chi connectivity index (χ1n) is 10.7. The van der Waals surface area contributed by atoms with Gasteiger partial charge in [0.25, 0.3) is 11.8 Å². The van der Waals surface area contributed by atoms with Crippen molar-refractivity contribution < 1.29 is 34.2 Å². The lowest BCUT2D eigenvalue weighted by Crippen LogP contribution is -2.54. The van der Waals surface area contributed by atoms with Gasteiger partial charge in [0.1, 0.15) is 6.04 Å². The number of hydrogen-bond acceptors (Lipinski definition) is 7. The fourth-order valence-electron chi connectivity index (χ4n) is 5.65. The number of benzene rings is 1. The zero-order chi connectivity index (χ0) is 22.7. The molecule has 1 aromatic carbocycles. The zero-order valence-electron chi connectivity index (χ0n) is 17.1. The minimum atomic E-state index is -1.05. The number of amides is 5. The van der Waals surface area contributed by atoms with Crippen LogP contribution in [0.15, 0.2) is 18.2 Å². The van der Waals surface area contributed by atoms with Crippen LogP contribution in [0.3, 0.4) is 0 Å². The summed E-state index contributed by atoms with van der Waals surface area (Å²) in [5, 5.41) is 25.0.